The molecule has 0 bridgehead atoms. The van der Waals surface area contributed by atoms with E-state index in [1.165, 1.54) is 15.9 Å². The van der Waals surface area contributed by atoms with E-state index in [4.69, 9.17) is 36.6 Å². The molecule has 4 aromatic carbocycles. The molecule has 0 aliphatic rings. The van der Waals surface area contributed by atoms with E-state index in [0.717, 1.165) is 10.7 Å². The van der Waals surface area contributed by atoms with Gasteiger partial charge in [-0.05, 0) is 24.3 Å². The number of halogens is 3. The summed E-state index contributed by atoms with van der Waals surface area (Å²) in [7, 11) is 7.26. The van der Waals surface area contributed by atoms with E-state index in [9.17, 15) is 0 Å². The molecule has 0 N–H and O–H groups in total. The van der Waals surface area contributed by atoms with Crippen LogP contribution in [0.2, 0.25) is 5.02 Å². The van der Waals surface area contributed by atoms with Gasteiger partial charge in [-0.1, -0.05) is 103 Å². The minimum atomic E-state index is -2.21. The van der Waals surface area contributed by atoms with Gasteiger partial charge in [0.1, 0.15) is 0 Å². The summed E-state index contributed by atoms with van der Waals surface area (Å²) >= 11 is 6.48. The van der Waals surface area contributed by atoms with Gasteiger partial charge in [0.25, 0.3) is 0 Å². The minimum absolute atomic E-state index is 0.382. The first-order valence-corrected chi connectivity index (χ1v) is 14.1. The Hall–Kier alpha value is -1.51. The molecule has 0 spiro atoms. The number of rotatable bonds is 4. The van der Waals surface area contributed by atoms with Gasteiger partial charge in [-0.3, -0.25) is 4.74 Å². The van der Waals surface area contributed by atoms with Crippen LogP contribution in [-0.4, -0.2) is 0 Å². The van der Waals surface area contributed by atoms with Crippen molar-refractivity contribution in [2.24, 2.45) is 4.74 Å². The molecular formula is C24H19Cl3CoNP. The summed E-state index contributed by atoms with van der Waals surface area (Å²) in [6.07, 6.45) is 0. The van der Waals surface area contributed by atoms with Gasteiger partial charge < -0.3 is 0 Å². The Kier molecular flexibility index (Phi) is 9.08. The van der Waals surface area contributed by atoms with Crippen molar-refractivity contribution in [3.8, 4) is 0 Å². The normalized spacial score (nSPS) is 10.8. The van der Waals surface area contributed by atoms with Gasteiger partial charge in [-0.2, -0.15) is 0 Å². The van der Waals surface area contributed by atoms with Crippen LogP contribution in [0.25, 0.3) is 0 Å². The molecule has 4 rings (SSSR count). The first kappa shape index (κ1) is 23.2. The SMILES string of the molecule is Clc1ccc(N=P(c2ccccc2)(c2ccccc2)c2ccccc2)cc1.[Cl][Co][Cl]. The summed E-state index contributed by atoms with van der Waals surface area (Å²) in [6, 6.07) is 39.6. The van der Waals surface area contributed by atoms with Crippen LogP contribution in [0.4, 0.5) is 5.69 Å². The molecular weight excluding hydrogens is 499 g/mol. The number of benzene rings is 4. The molecule has 0 amide bonds. The second kappa shape index (κ2) is 11.8. The Balaban J connectivity index is 0.000000806. The van der Waals surface area contributed by atoms with E-state index < -0.39 is 7.05 Å². The number of hydrogen-bond acceptors (Lipinski definition) is 1. The van der Waals surface area contributed by atoms with Crippen LogP contribution in [0, 0.1) is 0 Å². The molecule has 0 aliphatic carbocycles. The summed E-state index contributed by atoms with van der Waals surface area (Å²) < 4.78 is 5.39. The van der Waals surface area contributed by atoms with Crippen molar-refractivity contribution in [2.75, 3.05) is 0 Å². The molecule has 0 saturated heterocycles. The van der Waals surface area contributed by atoms with Gasteiger partial charge in [0.2, 0.25) is 0 Å². The molecule has 0 atom stereocenters. The first-order valence-electron chi connectivity index (χ1n) is 9.09. The second-order valence-corrected chi connectivity index (χ2v) is 11.4. The summed E-state index contributed by atoms with van der Waals surface area (Å²) in [4.78, 5) is 0. The van der Waals surface area contributed by atoms with Gasteiger partial charge in [-0.15, -0.1) is 0 Å². The summed E-state index contributed by atoms with van der Waals surface area (Å²) in [5, 5.41) is 4.42. The van der Waals surface area contributed by atoms with E-state index >= 15 is 0 Å². The van der Waals surface area contributed by atoms with Crippen LogP contribution in [0.1, 0.15) is 0 Å². The van der Waals surface area contributed by atoms with Crippen molar-refractivity contribution in [1.29, 1.82) is 0 Å². The molecule has 6 heteroatoms. The summed E-state index contributed by atoms with van der Waals surface area (Å²) in [6.45, 7) is 0. The Morgan fingerprint density at radius 1 is 0.533 bits per heavy atom. The van der Waals surface area contributed by atoms with Crippen molar-refractivity contribution >= 4 is 60.5 Å². The molecule has 0 saturated carbocycles. The Bertz CT molecular complexity index is 986. The Morgan fingerprint density at radius 2 is 0.867 bits per heavy atom. The predicted octanol–water partition coefficient (Wildman–Crippen LogP) is 7.53. The maximum atomic E-state index is 6.10. The monoisotopic (exact) mass is 516 g/mol. The zero-order chi connectivity index (χ0) is 21.2. The van der Waals surface area contributed by atoms with E-state index in [1.54, 1.807) is 0 Å². The van der Waals surface area contributed by atoms with Gasteiger partial charge in [-0.25, -0.2) is 0 Å². The van der Waals surface area contributed by atoms with Crippen molar-refractivity contribution in [3.05, 3.63) is 120 Å². The first-order chi connectivity index (χ1) is 14.7. The fourth-order valence-electron chi connectivity index (χ4n) is 3.23. The van der Waals surface area contributed by atoms with Gasteiger partial charge in [0.15, 0.2) is 0 Å². The van der Waals surface area contributed by atoms with Crippen LogP contribution < -0.4 is 15.9 Å². The average Bonchev–Trinajstić information content (AvgIpc) is 2.81. The van der Waals surface area contributed by atoms with E-state index in [1.807, 2.05) is 24.3 Å². The molecule has 4 aromatic rings. The van der Waals surface area contributed by atoms with Crippen LogP contribution in [0.3, 0.4) is 0 Å². The van der Waals surface area contributed by atoms with Crippen LogP contribution >= 0.6 is 38.9 Å². The van der Waals surface area contributed by atoms with Crippen LogP contribution in [0.5, 0.6) is 0 Å². The molecule has 0 fully saturated rings. The van der Waals surface area contributed by atoms with Gasteiger partial charge in [0.05, 0.1) is 12.7 Å². The van der Waals surface area contributed by atoms with E-state index in [2.05, 4.69) is 91.0 Å². The number of nitrogens with zero attached hydrogens (tertiary/aromatic N) is 1. The second-order valence-electron chi connectivity index (χ2n) is 6.27. The molecule has 1 nitrogen and oxygen atoms in total. The summed E-state index contributed by atoms with van der Waals surface area (Å²) in [5.41, 5.74) is 0.935. The number of hydrogen-bond donors (Lipinski definition) is 0. The third-order valence-electron chi connectivity index (χ3n) is 4.48. The molecule has 155 valence electrons. The molecule has 0 aromatic heterocycles. The Labute approximate surface area is 197 Å². The standard InChI is InChI=1S/C24H19ClNP.2ClH.Co/c25-20-16-18-21(19-17-20)26-27(22-10-4-1-5-11-22,23-12-6-2-7-13-23)24-14-8-3-9-15-24;;;/h1-19H;2*1H;/q;;;+2/p-2. The molecule has 0 heterocycles. The van der Waals surface area contributed by atoms with Crippen molar-refractivity contribution < 1.29 is 12.9 Å². The fourth-order valence-corrected chi connectivity index (χ4v) is 6.89. The molecule has 0 aliphatic heterocycles. The maximum absolute atomic E-state index is 6.10. The summed E-state index contributed by atoms with van der Waals surface area (Å²) in [5.74, 6) is 0. The van der Waals surface area contributed by atoms with Gasteiger partial charge in [0, 0.05) is 20.9 Å². The van der Waals surface area contributed by atoms with E-state index in [-0.39, 0.29) is 0 Å². The van der Waals surface area contributed by atoms with Crippen molar-refractivity contribution in [3.63, 3.8) is 0 Å². The predicted molar refractivity (Wildman–Crippen MR) is 130 cm³/mol. The zero-order valence-corrected chi connectivity index (χ0v) is 20.0. The van der Waals surface area contributed by atoms with Gasteiger partial charge >= 0.3 is 33.2 Å². The third kappa shape index (κ3) is 5.59. The topological polar surface area (TPSA) is 12.4 Å². The average molecular weight is 518 g/mol. The van der Waals surface area contributed by atoms with Crippen molar-refractivity contribution in [2.45, 2.75) is 0 Å². The van der Waals surface area contributed by atoms with Crippen LogP contribution in [0.15, 0.2) is 120 Å². The molecule has 0 radical (unpaired) electrons. The zero-order valence-electron chi connectivity index (χ0n) is 15.8. The Morgan fingerprint density at radius 3 is 1.20 bits per heavy atom. The molecule has 0 unspecified atom stereocenters. The van der Waals surface area contributed by atoms with Crippen LogP contribution in [-0.2, 0) is 12.9 Å². The fraction of sp³-hybridized carbons (Fsp3) is 0. The quantitative estimate of drug-likeness (QED) is 0.248. The van der Waals surface area contributed by atoms with Crippen molar-refractivity contribution in [1.82, 2.24) is 0 Å². The van der Waals surface area contributed by atoms with E-state index in [0.29, 0.717) is 12.9 Å². The third-order valence-corrected chi connectivity index (χ3v) is 8.40. The molecule has 30 heavy (non-hydrogen) atoms.